The number of hydrogen-bond donors (Lipinski definition) is 0. The number of thiocarbonyl (C=S) groups is 1. The first-order valence-electron chi connectivity index (χ1n) is 9.22. The second-order valence-corrected chi connectivity index (χ2v) is 8.26. The van der Waals surface area contributed by atoms with Gasteiger partial charge >= 0.3 is 0 Å². The maximum absolute atomic E-state index is 13.0. The summed E-state index contributed by atoms with van der Waals surface area (Å²) in [6.07, 6.45) is 0. The zero-order chi connectivity index (χ0) is 24.6. The summed E-state index contributed by atoms with van der Waals surface area (Å²) >= 11 is 5.77. The molecule has 6 nitrogen and oxygen atoms in total. The van der Waals surface area contributed by atoms with E-state index < -0.39 is 11.6 Å². The molecular formula is C22H24F2N2O4S2. The Bertz CT molecular complexity index is 945. The first kappa shape index (κ1) is 27.2. The molecule has 0 radical (unpaired) electrons. The normalized spacial score (nSPS) is 9.88. The van der Waals surface area contributed by atoms with Gasteiger partial charge < -0.3 is 14.5 Å². The Morgan fingerprint density at radius 2 is 1.34 bits per heavy atom. The van der Waals surface area contributed by atoms with Crippen LogP contribution in [0.15, 0.2) is 41.3 Å². The topological polar surface area (TPSA) is 66.9 Å². The molecule has 0 saturated carbocycles. The number of halogens is 2. The van der Waals surface area contributed by atoms with Crippen LogP contribution in [0.3, 0.4) is 0 Å². The van der Waals surface area contributed by atoms with Gasteiger partial charge in [0.25, 0.3) is 10.4 Å². The fraction of sp³-hybridized carbons (Fsp3) is 0.273. The van der Waals surface area contributed by atoms with Crippen molar-refractivity contribution in [2.45, 2.75) is 18.7 Å². The number of rotatable bonds is 4. The van der Waals surface area contributed by atoms with Crippen molar-refractivity contribution in [3.05, 3.63) is 59.2 Å². The molecule has 0 aromatic heterocycles. The number of carbonyl (C=O) groups is 3. The number of thioether (sulfide) groups is 1. The highest BCUT2D eigenvalue weighted by molar-refractivity contribution is 8.13. The quantitative estimate of drug-likeness (QED) is 0.343. The Morgan fingerprint density at radius 3 is 1.81 bits per heavy atom. The van der Waals surface area contributed by atoms with Crippen molar-refractivity contribution in [1.29, 1.82) is 0 Å². The fourth-order valence-electron chi connectivity index (χ4n) is 2.11. The Kier molecular flexibility index (Phi) is 10.4. The lowest BCUT2D eigenvalue weighted by Gasteiger charge is -2.15. The fourth-order valence-corrected chi connectivity index (χ4v) is 3.07. The summed E-state index contributed by atoms with van der Waals surface area (Å²) < 4.78 is 31.3. The van der Waals surface area contributed by atoms with E-state index in [1.165, 1.54) is 49.1 Å². The highest BCUT2D eigenvalue weighted by atomic mass is 32.2. The average Bonchev–Trinajstić information content (AvgIpc) is 2.67. The van der Waals surface area contributed by atoms with Gasteiger partial charge in [-0.25, -0.2) is 8.78 Å². The second kappa shape index (κ2) is 12.3. The molecule has 0 aliphatic carbocycles. The van der Waals surface area contributed by atoms with Crippen LogP contribution in [0.5, 0.6) is 5.75 Å². The summed E-state index contributed by atoms with van der Waals surface area (Å²) in [6.45, 7) is 2.77. The molecule has 0 aliphatic heterocycles. The maximum atomic E-state index is 13.0. The van der Waals surface area contributed by atoms with Gasteiger partial charge in [0.05, 0.1) is 5.56 Å². The van der Waals surface area contributed by atoms with Gasteiger partial charge in [0.15, 0.2) is 11.6 Å². The van der Waals surface area contributed by atoms with Gasteiger partial charge in [0.2, 0.25) is 0 Å². The van der Waals surface area contributed by atoms with E-state index in [1.807, 2.05) is 0 Å². The summed E-state index contributed by atoms with van der Waals surface area (Å²) in [5.41, 5.74) is 0.673. The predicted molar refractivity (Wildman–Crippen MR) is 125 cm³/mol. The molecular weight excluding hydrogens is 458 g/mol. The van der Waals surface area contributed by atoms with E-state index in [9.17, 15) is 23.2 Å². The zero-order valence-electron chi connectivity index (χ0n) is 18.6. The molecule has 0 aliphatic rings. The number of hydrogen-bond acceptors (Lipinski definition) is 6. The maximum Gasteiger partial charge on any atom is 0.285 e. The molecule has 32 heavy (non-hydrogen) atoms. The van der Waals surface area contributed by atoms with Crippen molar-refractivity contribution in [1.82, 2.24) is 9.80 Å². The molecule has 0 unspecified atom stereocenters. The average molecular weight is 483 g/mol. The summed E-state index contributed by atoms with van der Waals surface area (Å²) in [7, 11) is 6.61. The van der Waals surface area contributed by atoms with Gasteiger partial charge in [-0.2, -0.15) is 0 Å². The molecule has 1 amide bonds. The standard InChI is InChI=1S/2C11H12FNO2S/c1-7(14)9-5-4-8(12)6-10(9)16-11(15)13(2)3;1-7(14)9-5-4-8(12)6-10(9)15-11(16)13(2)3/h2*4-6H,1-3H3. The van der Waals surface area contributed by atoms with Crippen LogP contribution in [-0.2, 0) is 0 Å². The minimum atomic E-state index is -0.471. The Labute approximate surface area is 195 Å². The smallest absolute Gasteiger partial charge is 0.285 e. The number of nitrogens with zero attached hydrogens (tertiary/aromatic N) is 2. The van der Waals surface area contributed by atoms with Gasteiger partial charge in [0.1, 0.15) is 17.4 Å². The highest BCUT2D eigenvalue weighted by Crippen LogP contribution is 2.26. The van der Waals surface area contributed by atoms with Gasteiger partial charge in [-0.05, 0) is 68.2 Å². The van der Waals surface area contributed by atoms with E-state index >= 15 is 0 Å². The molecule has 2 rings (SSSR count). The molecule has 10 heteroatoms. The van der Waals surface area contributed by atoms with Crippen molar-refractivity contribution in [3.8, 4) is 5.75 Å². The minimum absolute atomic E-state index is 0.145. The van der Waals surface area contributed by atoms with E-state index in [1.54, 1.807) is 33.1 Å². The second-order valence-electron chi connectivity index (χ2n) is 6.92. The van der Waals surface area contributed by atoms with Gasteiger partial charge in [-0.1, -0.05) is 0 Å². The lowest BCUT2D eigenvalue weighted by molar-refractivity contribution is 0.100. The van der Waals surface area contributed by atoms with E-state index in [2.05, 4.69) is 0 Å². The monoisotopic (exact) mass is 482 g/mol. The van der Waals surface area contributed by atoms with E-state index in [-0.39, 0.29) is 27.7 Å². The molecule has 2 aromatic carbocycles. The first-order chi connectivity index (χ1) is 14.8. The number of carbonyl (C=O) groups excluding carboxylic acids is 3. The van der Waals surface area contributed by atoms with E-state index in [4.69, 9.17) is 17.0 Å². The van der Waals surface area contributed by atoms with Gasteiger partial charge in [-0.15, -0.1) is 0 Å². The summed E-state index contributed by atoms with van der Waals surface area (Å²) in [5.74, 6) is -1.17. The van der Waals surface area contributed by atoms with Crippen LogP contribution < -0.4 is 4.74 Å². The number of amides is 1. The van der Waals surface area contributed by atoms with Crippen LogP contribution >= 0.6 is 24.0 Å². The SMILES string of the molecule is CC(=O)c1ccc(F)cc1OC(=S)N(C)C.CC(=O)c1ccc(F)cc1SC(=O)N(C)C. The van der Waals surface area contributed by atoms with Crippen LogP contribution in [0.1, 0.15) is 34.6 Å². The number of ketones is 2. The third-order valence-corrected chi connectivity index (χ3v) is 5.32. The van der Waals surface area contributed by atoms with Crippen LogP contribution in [0.4, 0.5) is 13.6 Å². The summed E-state index contributed by atoms with van der Waals surface area (Å²) in [5, 5.41) is -0.0683. The molecule has 172 valence electrons. The predicted octanol–water partition coefficient (Wildman–Crippen LogP) is 5.06. The largest absolute Gasteiger partial charge is 0.431 e. The van der Waals surface area contributed by atoms with Gasteiger partial charge in [-0.3, -0.25) is 14.4 Å². The van der Waals surface area contributed by atoms with Crippen molar-refractivity contribution in [3.63, 3.8) is 0 Å². The first-order valence-corrected chi connectivity index (χ1v) is 10.4. The Balaban J connectivity index is 0.000000320. The Morgan fingerprint density at radius 1 is 0.844 bits per heavy atom. The molecule has 0 heterocycles. The van der Waals surface area contributed by atoms with Crippen molar-refractivity contribution >= 4 is 46.0 Å². The highest BCUT2D eigenvalue weighted by Gasteiger charge is 2.14. The molecule has 2 aromatic rings. The molecule has 0 N–H and O–H groups in total. The Hall–Kier alpha value is -2.85. The van der Waals surface area contributed by atoms with Crippen LogP contribution in [-0.4, -0.2) is 60.0 Å². The molecule has 0 saturated heterocycles. The van der Waals surface area contributed by atoms with Crippen molar-refractivity contribution in [2.24, 2.45) is 0 Å². The van der Waals surface area contributed by atoms with Crippen LogP contribution in [0.25, 0.3) is 0 Å². The molecule has 0 fully saturated rings. The minimum Gasteiger partial charge on any atom is -0.431 e. The van der Waals surface area contributed by atoms with Crippen LogP contribution in [0, 0.1) is 11.6 Å². The number of ether oxygens (including phenoxy) is 1. The lowest BCUT2D eigenvalue weighted by atomic mass is 10.1. The molecule has 0 spiro atoms. The lowest BCUT2D eigenvalue weighted by Crippen LogP contribution is -2.25. The summed E-state index contributed by atoms with van der Waals surface area (Å²) in [6, 6.07) is 7.53. The number of benzene rings is 2. The van der Waals surface area contributed by atoms with Crippen molar-refractivity contribution < 1.29 is 27.9 Å². The van der Waals surface area contributed by atoms with E-state index in [0.29, 0.717) is 16.0 Å². The molecule has 0 atom stereocenters. The number of Topliss-reactive ketones (excluding diaryl/α,β-unsaturated/α-hetero) is 2. The third-order valence-electron chi connectivity index (χ3n) is 3.77. The summed E-state index contributed by atoms with van der Waals surface area (Å²) in [4.78, 5) is 37.3. The molecule has 0 bridgehead atoms. The third kappa shape index (κ3) is 8.35. The van der Waals surface area contributed by atoms with E-state index in [0.717, 1.165) is 17.8 Å². The zero-order valence-corrected chi connectivity index (χ0v) is 20.2. The van der Waals surface area contributed by atoms with Crippen molar-refractivity contribution in [2.75, 3.05) is 28.2 Å². The van der Waals surface area contributed by atoms with Gasteiger partial charge in [0, 0.05) is 44.7 Å². The van der Waals surface area contributed by atoms with Crippen LogP contribution in [0.2, 0.25) is 0 Å².